The van der Waals surface area contributed by atoms with Crippen LogP contribution in [0.4, 0.5) is 0 Å². The Labute approximate surface area is 110 Å². The second-order valence-electron chi connectivity index (χ2n) is 5.14. The lowest BCUT2D eigenvalue weighted by molar-refractivity contribution is -0.147. The van der Waals surface area contributed by atoms with E-state index in [0.717, 1.165) is 39.3 Å². The zero-order chi connectivity index (χ0) is 13.6. The van der Waals surface area contributed by atoms with Crippen molar-refractivity contribution < 1.29 is 9.90 Å². The third kappa shape index (κ3) is 3.93. The fourth-order valence-corrected chi connectivity index (χ4v) is 2.46. The number of piperidine rings is 1. The van der Waals surface area contributed by atoms with Gasteiger partial charge >= 0.3 is 5.97 Å². The lowest BCUT2D eigenvalue weighted by Crippen LogP contribution is -2.59. The van der Waals surface area contributed by atoms with Gasteiger partial charge in [0, 0.05) is 26.2 Å². The van der Waals surface area contributed by atoms with Crippen molar-refractivity contribution in [1.82, 2.24) is 15.1 Å². The molecule has 0 aliphatic carbocycles. The summed E-state index contributed by atoms with van der Waals surface area (Å²) in [7, 11) is 2.04. The van der Waals surface area contributed by atoms with Gasteiger partial charge in [-0.2, -0.15) is 0 Å². The number of hydrogen-bond donors (Lipinski definition) is 2. The van der Waals surface area contributed by atoms with Crippen molar-refractivity contribution >= 4 is 5.97 Å². The van der Waals surface area contributed by atoms with Crippen LogP contribution in [0.3, 0.4) is 0 Å². The number of rotatable bonds is 7. The van der Waals surface area contributed by atoms with Crippen LogP contribution >= 0.6 is 0 Å². The summed E-state index contributed by atoms with van der Waals surface area (Å²) >= 11 is 0. The van der Waals surface area contributed by atoms with Crippen LogP contribution < -0.4 is 5.32 Å². The molecule has 0 atom stereocenters. The number of likely N-dealkylation sites (tertiary alicyclic amines) is 1. The minimum Gasteiger partial charge on any atom is -0.480 e. The quantitative estimate of drug-likeness (QED) is 0.694. The topological polar surface area (TPSA) is 55.8 Å². The molecule has 0 unspecified atom stereocenters. The van der Waals surface area contributed by atoms with Crippen LogP contribution in [0.15, 0.2) is 0 Å². The highest BCUT2D eigenvalue weighted by atomic mass is 16.4. The van der Waals surface area contributed by atoms with Gasteiger partial charge in [-0.3, -0.25) is 4.79 Å². The maximum absolute atomic E-state index is 11.5. The van der Waals surface area contributed by atoms with E-state index < -0.39 is 11.5 Å². The standard InChI is InChI=1S/C13H27N3O2/c1-4-16(5-2)11-8-14-13(12(17)18)6-9-15(3)10-7-13/h14H,4-11H2,1-3H3,(H,17,18). The summed E-state index contributed by atoms with van der Waals surface area (Å²) < 4.78 is 0. The van der Waals surface area contributed by atoms with Gasteiger partial charge in [0.25, 0.3) is 0 Å². The van der Waals surface area contributed by atoms with E-state index in [2.05, 4.69) is 29.0 Å². The zero-order valence-electron chi connectivity index (χ0n) is 11.9. The molecule has 18 heavy (non-hydrogen) atoms. The molecule has 0 saturated carbocycles. The van der Waals surface area contributed by atoms with Gasteiger partial charge in [0.1, 0.15) is 5.54 Å². The molecule has 1 aliphatic rings. The smallest absolute Gasteiger partial charge is 0.323 e. The number of aliphatic carboxylic acids is 1. The summed E-state index contributed by atoms with van der Waals surface area (Å²) in [6.07, 6.45) is 1.38. The van der Waals surface area contributed by atoms with Gasteiger partial charge in [0.2, 0.25) is 0 Å². The predicted molar refractivity (Wildman–Crippen MR) is 72.9 cm³/mol. The van der Waals surface area contributed by atoms with Gasteiger partial charge in [-0.15, -0.1) is 0 Å². The van der Waals surface area contributed by atoms with Crippen LogP contribution in [-0.2, 0) is 4.79 Å². The lowest BCUT2D eigenvalue weighted by Gasteiger charge is -2.38. The van der Waals surface area contributed by atoms with Crippen LogP contribution in [0.25, 0.3) is 0 Å². The summed E-state index contributed by atoms with van der Waals surface area (Å²) in [6, 6.07) is 0. The molecule has 106 valence electrons. The number of nitrogens with one attached hydrogen (secondary N) is 1. The minimum atomic E-state index is -0.709. The molecule has 1 aliphatic heterocycles. The Morgan fingerprint density at radius 2 is 1.89 bits per heavy atom. The molecule has 1 heterocycles. The number of carbonyl (C=O) groups is 1. The molecule has 0 radical (unpaired) electrons. The average Bonchev–Trinajstić information content (AvgIpc) is 2.37. The third-order valence-electron chi connectivity index (χ3n) is 4.04. The van der Waals surface area contributed by atoms with Crippen molar-refractivity contribution in [2.24, 2.45) is 0 Å². The van der Waals surface area contributed by atoms with E-state index in [4.69, 9.17) is 0 Å². The van der Waals surface area contributed by atoms with Crippen LogP contribution in [0.1, 0.15) is 26.7 Å². The minimum absolute atomic E-state index is 0.692. The Kier molecular flexibility index (Phi) is 6.05. The van der Waals surface area contributed by atoms with E-state index >= 15 is 0 Å². The predicted octanol–water partition coefficient (Wildman–Crippen LogP) is 0.467. The van der Waals surface area contributed by atoms with Crippen molar-refractivity contribution in [2.75, 3.05) is 46.3 Å². The molecule has 5 heteroatoms. The third-order valence-corrected chi connectivity index (χ3v) is 4.04. The second kappa shape index (κ2) is 7.07. The van der Waals surface area contributed by atoms with Gasteiger partial charge in [0.05, 0.1) is 0 Å². The van der Waals surface area contributed by atoms with Gasteiger partial charge in [-0.25, -0.2) is 0 Å². The highest BCUT2D eigenvalue weighted by molar-refractivity contribution is 5.79. The van der Waals surface area contributed by atoms with Crippen molar-refractivity contribution in [3.8, 4) is 0 Å². The number of hydrogen-bond acceptors (Lipinski definition) is 4. The van der Waals surface area contributed by atoms with Crippen molar-refractivity contribution in [2.45, 2.75) is 32.2 Å². The summed E-state index contributed by atoms with van der Waals surface area (Å²) in [5.74, 6) is -0.699. The van der Waals surface area contributed by atoms with Gasteiger partial charge < -0.3 is 20.2 Å². The first kappa shape index (κ1) is 15.4. The fraction of sp³-hybridized carbons (Fsp3) is 0.923. The Morgan fingerprint density at radius 3 is 2.33 bits per heavy atom. The van der Waals surface area contributed by atoms with Crippen LogP contribution in [-0.4, -0.2) is 72.7 Å². The van der Waals surface area contributed by atoms with Crippen molar-refractivity contribution in [3.05, 3.63) is 0 Å². The van der Waals surface area contributed by atoms with Crippen LogP contribution in [0.2, 0.25) is 0 Å². The van der Waals surface area contributed by atoms with Crippen molar-refractivity contribution in [1.29, 1.82) is 0 Å². The van der Waals surface area contributed by atoms with Crippen molar-refractivity contribution in [3.63, 3.8) is 0 Å². The molecule has 0 aromatic carbocycles. The van der Waals surface area contributed by atoms with Crippen LogP contribution in [0.5, 0.6) is 0 Å². The molecule has 0 bridgehead atoms. The molecule has 0 amide bonds. The molecular weight excluding hydrogens is 230 g/mol. The molecule has 5 nitrogen and oxygen atoms in total. The largest absolute Gasteiger partial charge is 0.480 e. The normalized spacial score (nSPS) is 20.2. The average molecular weight is 257 g/mol. The fourth-order valence-electron chi connectivity index (χ4n) is 2.46. The molecule has 0 aromatic rings. The highest BCUT2D eigenvalue weighted by Gasteiger charge is 2.40. The van der Waals surface area contributed by atoms with E-state index in [0.29, 0.717) is 12.8 Å². The molecule has 1 saturated heterocycles. The van der Waals surface area contributed by atoms with E-state index in [-0.39, 0.29) is 0 Å². The number of carboxylic acid groups (broad SMARTS) is 1. The number of carboxylic acids is 1. The van der Waals surface area contributed by atoms with E-state index in [1.807, 2.05) is 7.05 Å². The first-order chi connectivity index (χ1) is 8.54. The zero-order valence-corrected chi connectivity index (χ0v) is 11.9. The SMILES string of the molecule is CCN(CC)CCNC1(C(=O)O)CCN(C)CC1. The summed E-state index contributed by atoms with van der Waals surface area (Å²) in [5, 5.41) is 12.7. The molecule has 1 rings (SSSR count). The van der Waals surface area contributed by atoms with E-state index in [9.17, 15) is 9.90 Å². The van der Waals surface area contributed by atoms with E-state index in [1.165, 1.54) is 0 Å². The van der Waals surface area contributed by atoms with E-state index in [1.54, 1.807) is 0 Å². The van der Waals surface area contributed by atoms with Gasteiger partial charge in [-0.1, -0.05) is 13.8 Å². The molecular formula is C13H27N3O2. The Balaban J connectivity index is 2.46. The molecule has 2 N–H and O–H groups in total. The molecule has 1 fully saturated rings. The first-order valence-electron chi connectivity index (χ1n) is 6.93. The molecule has 0 spiro atoms. The monoisotopic (exact) mass is 257 g/mol. The molecule has 0 aromatic heterocycles. The highest BCUT2D eigenvalue weighted by Crippen LogP contribution is 2.21. The Morgan fingerprint density at radius 1 is 1.33 bits per heavy atom. The lowest BCUT2D eigenvalue weighted by atomic mass is 9.87. The first-order valence-corrected chi connectivity index (χ1v) is 6.93. The summed E-state index contributed by atoms with van der Waals surface area (Å²) in [5.41, 5.74) is -0.709. The van der Waals surface area contributed by atoms with Gasteiger partial charge in [-0.05, 0) is 33.0 Å². The maximum atomic E-state index is 11.5. The van der Waals surface area contributed by atoms with Gasteiger partial charge in [0.15, 0.2) is 0 Å². The summed E-state index contributed by atoms with van der Waals surface area (Å²) in [4.78, 5) is 16.0. The number of likely N-dealkylation sites (N-methyl/N-ethyl adjacent to an activating group) is 1. The maximum Gasteiger partial charge on any atom is 0.323 e. The van der Waals surface area contributed by atoms with Crippen LogP contribution in [0, 0.1) is 0 Å². The Bertz CT molecular complexity index is 259. The second-order valence-corrected chi connectivity index (χ2v) is 5.14. The number of nitrogens with zero attached hydrogens (tertiary/aromatic N) is 2. The Hall–Kier alpha value is -0.650. The summed E-state index contributed by atoms with van der Waals surface area (Å²) in [6.45, 7) is 9.66.